The Kier molecular flexibility index (Phi) is 8.68. The molecular formula is C27H35N2OP. The summed E-state index contributed by atoms with van der Waals surface area (Å²) >= 11 is 0. The van der Waals surface area contributed by atoms with E-state index in [0.717, 1.165) is 30.3 Å². The molecule has 3 heterocycles. The number of carbonyl (C=O) groups is 1. The lowest BCUT2D eigenvalue weighted by atomic mass is 9.77. The van der Waals surface area contributed by atoms with Crippen molar-refractivity contribution in [2.45, 2.75) is 39.5 Å². The molecule has 3 rings (SSSR count). The standard InChI is InChI=1S/C27H35N2OP/c1-4-5-9-24(13-14-25-11-6-7-17-28-25)10-8-12-26(30)29-18-15-27(22-29)16-19-31(3)21-23(2)20-27/h4-11,17,23H,12,15-16,18-22H2,1-3H3/b5-4+,10-8+,24-9+. The van der Waals surface area contributed by atoms with E-state index in [2.05, 4.69) is 35.3 Å². The fraction of sp³-hybridized carbons (Fsp3) is 0.481. The van der Waals surface area contributed by atoms with Gasteiger partial charge >= 0.3 is 0 Å². The lowest BCUT2D eigenvalue weighted by Gasteiger charge is -2.29. The molecule has 4 heteroatoms. The summed E-state index contributed by atoms with van der Waals surface area (Å²) in [5, 5.41) is 0. The molecule has 0 aromatic carbocycles. The highest BCUT2D eigenvalue weighted by atomic mass is 31.1. The number of nitrogens with zero attached hydrogens (tertiary/aromatic N) is 2. The van der Waals surface area contributed by atoms with Crippen LogP contribution in [-0.4, -0.2) is 47.9 Å². The number of allylic oxidation sites excluding steroid dienone is 5. The minimum atomic E-state index is 0.184. The van der Waals surface area contributed by atoms with Crippen molar-refractivity contribution < 1.29 is 4.79 Å². The van der Waals surface area contributed by atoms with E-state index in [9.17, 15) is 4.79 Å². The number of pyridine rings is 1. The summed E-state index contributed by atoms with van der Waals surface area (Å²) in [4.78, 5) is 19.2. The molecule has 1 aromatic rings. The highest BCUT2D eigenvalue weighted by Crippen LogP contribution is 2.49. The second-order valence-electron chi connectivity index (χ2n) is 9.11. The summed E-state index contributed by atoms with van der Waals surface area (Å²) < 4.78 is 0. The maximum absolute atomic E-state index is 12.9. The van der Waals surface area contributed by atoms with Gasteiger partial charge in [-0.05, 0) is 80.6 Å². The van der Waals surface area contributed by atoms with Crippen molar-refractivity contribution in [2.75, 3.05) is 32.1 Å². The molecule has 3 atom stereocenters. The van der Waals surface area contributed by atoms with Crippen LogP contribution in [0.1, 0.15) is 45.2 Å². The molecule has 2 fully saturated rings. The Bertz CT molecular complexity index is 893. The molecule has 3 nitrogen and oxygen atoms in total. The second-order valence-corrected chi connectivity index (χ2v) is 11.6. The van der Waals surface area contributed by atoms with Crippen molar-refractivity contribution in [1.82, 2.24) is 9.88 Å². The molecule has 0 N–H and O–H groups in total. The lowest BCUT2D eigenvalue weighted by molar-refractivity contribution is -0.129. The Labute approximate surface area is 189 Å². The molecule has 1 aromatic heterocycles. The lowest BCUT2D eigenvalue weighted by Crippen LogP contribution is -2.32. The molecule has 0 aliphatic carbocycles. The second kappa shape index (κ2) is 11.4. The minimum absolute atomic E-state index is 0.184. The van der Waals surface area contributed by atoms with Gasteiger partial charge in [-0.25, -0.2) is 4.98 Å². The Balaban J connectivity index is 1.59. The van der Waals surface area contributed by atoms with Gasteiger partial charge in [0.2, 0.25) is 5.91 Å². The summed E-state index contributed by atoms with van der Waals surface area (Å²) in [6, 6.07) is 5.71. The number of hydrogen-bond acceptors (Lipinski definition) is 2. The molecule has 1 spiro atoms. The van der Waals surface area contributed by atoms with Crippen molar-refractivity contribution in [3.8, 4) is 11.8 Å². The summed E-state index contributed by atoms with van der Waals surface area (Å²) in [5.74, 6) is 7.29. The quantitative estimate of drug-likeness (QED) is 0.349. The average Bonchev–Trinajstić information content (AvgIpc) is 3.12. The van der Waals surface area contributed by atoms with E-state index in [4.69, 9.17) is 0 Å². The van der Waals surface area contributed by atoms with E-state index < -0.39 is 0 Å². The molecule has 0 radical (unpaired) electrons. The number of amides is 1. The largest absolute Gasteiger partial charge is 0.342 e. The van der Waals surface area contributed by atoms with Gasteiger partial charge < -0.3 is 4.90 Å². The Morgan fingerprint density at radius 3 is 3.03 bits per heavy atom. The van der Waals surface area contributed by atoms with Crippen LogP contribution >= 0.6 is 7.92 Å². The van der Waals surface area contributed by atoms with Crippen LogP contribution in [0, 0.1) is 23.2 Å². The van der Waals surface area contributed by atoms with Gasteiger partial charge in [-0.3, -0.25) is 4.79 Å². The first kappa shape index (κ1) is 23.5. The van der Waals surface area contributed by atoms with Crippen LogP contribution in [0.3, 0.4) is 0 Å². The van der Waals surface area contributed by atoms with Crippen molar-refractivity contribution >= 4 is 13.8 Å². The molecular weight excluding hydrogens is 399 g/mol. The maximum atomic E-state index is 12.9. The third kappa shape index (κ3) is 7.19. The fourth-order valence-corrected chi connectivity index (χ4v) is 7.04. The number of rotatable bonds is 4. The van der Waals surface area contributed by atoms with Gasteiger partial charge in [0.05, 0.1) is 0 Å². The first-order valence-corrected chi connectivity index (χ1v) is 13.5. The van der Waals surface area contributed by atoms with Crippen LogP contribution in [0.15, 0.2) is 60.3 Å². The molecule has 2 saturated heterocycles. The summed E-state index contributed by atoms with van der Waals surface area (Å²) in [6.45, 7) is 8.70. The zero-order valence-electron chi connectivity index (χ0n) is 19.2. The predicted molar refractivity (Wildman–Crippen MR) is 132 cm³/mol. The van der Waals surface area contributed by atoms with E-state index in [1.165, 1.54) is 31.6 Å². The van der Waals surface area contributed by atoms with Gasteiger partial charge in [0.25, 0.3) is 0 Å². The van der Waals surface area contributed by atoms with Crippen molar-refractivity contribution in [3.05, 3.63) is 66.0 Å². The highest BCUT2D eigenvalue weighted by molar-refractivity contribution is 7.56. The third-order valence-corrected chi connectivity index (χ3v) is 8.51. The Morgan fingerprint density at radius 2 is 2.26 bits per heavy atom. The van der Waals surface area contributed by atoms with Crippen LogP contribution in [0.5, 0.6) is 0 Å². The summed E-state index contributed by atoms with van der Waals surface area (Å²) in [6.07, 6.45) is 18.5. The van der Waals surface area contributed by atoms with Gasteiger partial charge in [0.1, 0.15) is 5.69 Å². The van der Waals surface area contributed by atoms with Gasteiger partial charge in [0.15, 0.2) is 0 Å². The average molecular weight is 435 g/mol. The molecule has 0 bridgehead atoms. The van der Waals surface area contributed by atoms with Gasteiger partial charge in [-0.15, -0.1) is 7.92 Å². The molecule has 164 valence electrons. The normalized spacial score (nSPS) is 26.9. The van der Waals surface area contributed by atoms with Crippen LogP contribution in [0.2, 0.25) is 0 Å². The Morgan fingerprint density at radius 1 is 1.39 bits per heavy atom. The van der Waals surface area contributed by atoms with Gasteiger partial charge in [0, 0.05) is 31.3 Å². The Hall–Kier alpha value is -2.17. The summed E-state index contributed by atoms with van der Waals surface area (Å²) in [5.41, 5.74) is 1.99. The van der Waals surface area contributed by atoms with Crippen molar-refractivity contribution in [3.63, 3.8) is 0 Å². The van der Waals surface area contributed by atoms with Crippen molar-refractivity contribution in [1.29, 1.82) is 0 Å². The highest BCUT2D eigenvalue weighted by Gasteiger charge is 2.41. The zero-order valence-corrected chi connectivity index (χ0v) is 20.1. The minimum Gasteiger partial charge on any atom is -0.342 e. The number of carbonyl (C=O) groups excluding carboxylic acids is 1. The maximum Gasteiger partial charge on any atom is 0.226 e. The monoisotopic (exact) mass is 434 g/mol. The van der Waals surface area contributed by atoms with E-state index in [0.29, 0.717) is 11.8 Å². The zero-order chi connectivity index (χ0) is 22.1. The van der Waals surface area contributed by atoms with E-state index in [-0.39, 0.29) is 13.8 Å². The van der Waals surface area contributed by atoms with Crippen LogP contribution in [0.25, 0.3) is 0 Å². The molecule has 2 aliphatic rings. The first-order chi connectivity index (χ1) is 15.0. The van der Waals surface area contributed by atoms with Crippen molar-refractivity contribution in [2.24, 2.45) is 11.3 Å². The molecule has 31 heavy (non-hydrogen) atoms. The number of likely N-dealkylation sites (tertiary alicyclic amines) is 1. The van der Waals surface area contributed by atoms with E-state index in [1.807, 2.05) is 55.5 Å². The fourth-order valence-electron chi connectivity index (χ4n) is 4.80. The van der Waals surface area contributed by atoms with Crippen LogP contribution in [-0.2, 0) is 4.79 Å². The smallest absolute Gasteiger partial charge is 0.226 e. The third-order valence-electron chi connectivity index (χ3n) is 6.28. The van der Waals surface area contributed by atoms with Gasteiger partial charge in [-0.1, -0.05) is 43.2 Å². The number of hydrogen-bond donors (Lipinski definition) is 0. The van der Waals surface area contributed by atoms with Crippen LogP contribution < -0.4 is 0 Å². The SMILES string of the molecule is C/C=C/C=C(C#Cc1ccccn1)\C=C\CC(=O)N1CCC2(CCP(C)CC(C)C2)C1. The van der Waals surface area contributed by atoms with E-state index in [1.54, 1.807) is 6.20 Å². The predicted octanol–water partition coefficient (Wildman–Crippen LogP) is 5.64. The summed E-state index contributed by atoms with van der Waals surface area (Å²) in [7, 11) is 0.184. The first-order valence-electron chi connectivity index (χ1n) is 11.4. The topological polar surface area (TPSA) is 33.2 Å². The number of aromatic nitrogens is 1. The molecule has 0 saturated carbocycles. The molecule has 3 unspecified atom stereocenters. The van der Waals surface area contributed by atoms with E-state index >= 15 is 0 Å². The molecule has 2 aliphatic heterocycles. The van der Waals surface area contributed by atoms with Gasteiger partial charge in [-0.2, -0.15) is 0 Å². The van der Waals surface area contributed by atoms with Crippen LogP contribution in [0.4, 0.5) is 0 Å². The molecule has 1 amide bonds.